The number of alkyl halides is 2. The predicted octanol–water partition coefficient (Wildman–Crippen LogP) is 6.71. The number of fused-ring (bicyclic) bond motifs is 1. The van der Waals surface area contributed by atoms with E-state index in [0.717, 1.165) is 11.3 Å². The van der Waals surface area contributed by atoms with Gasteiger partial charge in [-0.2, -0.15) is 0 Å². The molecule has 0 saturated heterocycles. The van der Waals surface area contributed by atoms with Crippen molar-refractivity contribution >= 4 is 79.2 Å². The molecule has 0 radical (unpaired) electrons. The summed E-state index contributed by atoms with van der Waals surface area (Å²) in [5.74, 6) is -0.367. The van der Waals surface area contributed by atoms with E-state index in [1.54, 1.807) is 30.1 Å². The molecule has 188 valence electrons. The van der Waals surface area contributed by atoms with E-state index in [1.807, 2.05) is 65.7 Å². The average Bonchev–Trinajstić information content (AvgIpc) is 3.43. The van der Waals surface area contributed by atoms with Crippen LogP contribution in [0, 0.1) is 0 Å². The highest BCUT2D eigenvalue weighted by Gasteiger charge is 2.23. The number of anilines is 3. The van der Waals surface area contributed by atoms with E-state index in [0.29, 0.717) is 17.1 Å². The normalized spacial score (nSPS) is 12.3. The quantitative estimate of drug-likeness (QED) is 0.136. The van der Waals surface area contributed by atoms with Crippen LogP contribution >= 0.6 is 40.0 Å². The average molecular weight is 654 g/mol. The summed E-state index contributed by atoms with van der Waals surface area (Å²) < 4.78 is 44.3. The molecule has 2 unspecified atom stereocenters. The topological polar surface area (TPSA) is 80.9 Å². The fraction of sp³-hybridized carbons (Fsp3) is 0.286. The Morgan fingerprint density at radius 3 is 2.51 bits per heavy atom. The van der Waals surface area contributed by atoms with Crippen LogP contribution in [0.2, 0.25) is 5.15 Å². The Bertz CT molecular complexity index is 1370. The van der Waals surface area contributed by atoms with Gasteiger partial charge in [-0.05, 0) is 34.2 Å². The number of hydrogen-bond donors (Lipinski definition) is 1. The summed E-state index contributed by atoms with van der Waals surface area (Å²) in [6, 6.07) is 7.14. The number of benzene rings is 1. The van der Waals surface area contributed by atoms with Gasteiger partial charge in [0, 0.05) is 32.0 Å². The maximum Gasteiger partial charge on any atom is 0.295 e. The third-order valence-corrected chi connectivity index (χ3v) is 8.21. The predicted molar refractivity (Wildman–Crippen MR) is 151 cm³/mol. The highest BCUT2D eigenvalue weighted by atomic mass is 127. The van der Waals surface area contributed by atoms with Gasteiger partial charge in [0.15, 0.2) is 11.5 Å². The van der Waals surface area contributed by atoms with Gasteiger partial charge < -0.3 is 9.88 Å². The van der Waals surface area contributed by atoms with Crippen molar-refractivity contribution in [3.63, 3.8) is 0 Å². The summed E-state index contributed by atoms with van der Waals surface area (Å²) in [6.45, 7) is 4.00. The van der Waals surface area contributed by atoms with Crippen molar-refractivity contribution < 1.29 is 13.0 Å². The molecule has 3 aromatic heterocycles. The van der Waals surface area contributed by atoms with Crippen LogP contribution < -0.4 is 9.62 Å². The first kappa shape index (κ1) is 27.7. The first-order valence-corrected chi connectivity index (χ1v) is 16.4. The third kappa shape index (κ3) is 5.76. The van der Waals surface area contributed by atoms with E-state index in [2.05, 4.69) is 20.3 Å². The summed E-state index contributed by atoms with van der Waals surface area (Å²) >= 11 is 8.23. The van der Waals surface area contributed by atoms with E-state index < -0.39 is 17.4 Å². The Hall–Kier alpha value is -1.89. The molecule has 2 atom stereocenters. The lowest BCUT2D eigenvalue weighted by molar-refractivity contribution is 0.140. The highest BCUT2D eigenvalue weighted by molar-refractivity contribution is 14.2. The number of hydrogen-bond acceptors (Lipinski definition) is 5. The van der Waals surface area contributed by atoms with E-state index in [1.165, 1.54) is 10.4 Å². The molecule has 35 heavy (non-hydrogen) atoms. The summed E-state index contributed by atoms with van der Waals surface area (Å²) in [7, 11) is 2.28. The number of aryl methyl sites for hydroxylation is 1. The van der Waals surface area contributed by atoms with Gasteiger partial charge in [-0.25, -0.2) is 27.9 Å². The number of rotatable bonds is 7. The molecular formula is C21H24ClF2IN7OPS. The molecule has 0 aliphatic rings. The van der Waals surface area contributed by atoms with Crippen molar-refractivity contribution in [1.82, 2.24) is 23.9 Å². The number of imidazole rings is 2. The standard InChI is InChI=1S/C19H18ClF2IN7OPS.C2H6/c1-28-9-24-8-14(28)10-4-5-11(13(6-10)29(2)33(3)31)25-12-7-15(20)26-18-16(12)27-19(17(21)22)30(18)32-23;1-2/h4-9,17,32H,1-3H3,(H,25,26);1-2H3. The minimum atomic E-state index is -2.75. The second-order valence-corrected chi connectivity index (χ2v) is 10.9. The molecule has 1 N–H and O–H groups in total. The molecule has 14 heteroatoms. The van der Waals surface area contributed by atoms with Crippen molar-refractivity contribution in [2.24, 2.45) is 7.05 Å². The molecule has 1 aromatic carbocycles. The zero-order valence-electron chi connectivity index (χ0n) is 19.6. The number of pyridine rings is 1. The molecule has 0 saturated carbocycles. The van der Waals surface area contributed by atoms with Gasteiger partial charge in [0.2, 0.25) is 0 Å². The van der Waals surface area contributed by atoms with Crippen LogP contribution in [-0.2, 0) is 18.0 Å². The van der Waals surface area contributed by atoms with Crippen molar-refractivity contribution in [1.29, 1.82) is 0 Å². The van der Waals surface area contributed by atoms with Crippen LogP contribution in [-0.4, -0.2) is 41.4 Å². The van der Waals surface area contributed by atoms with E-state index in [-0.39, 0.29) is 28.5 Å². The van der Waals surface area contributed by atoms with E-state index in [4.69, 9.17) is 11.6 Å². The third-order valence-electron chi connectivity index (χ3n) is 4.99. The largest absolute Gasteiger partial charge is 0.352 e. The lowest BCUT2D eigenvalue weighted by atomic mass is 10.1. The second kappa shape index (κ2) is 11.9. The molecule has 0 spiro atoms. The lowest BCUT2D eigenvalue weighted by Crippen LogP contribution is -2.20. The van der Waals surface area contributed by atoms with Crippen LogP contribution in [0.1, 0.15) is 26.1 Å². The molecule has 0 fully saturated rings. The SMILES string of the molecule is CC.CN(c1cc(-c2cncn2C)ccc1Nc1cc(Cl)nc2c1nc(C(F)F)n2PI)S(C)=O. The molecule has 4 rings (SSSR count). The van der Waals surface area contributed by atoms with Crippen molar-refractivity contribution in [3.05, 3.63) is 47.8 Å². The maximum absolute atomic E-state index is 13.6. The minimum Gasteiger partial charge on any atom is -0.352 e. The van der Waals surface area contributed by atoms with Crippen LogP contribution in [0.4, 0.5) is 25.8 Å². The molecule has 3 heterocycles. The molecule has 0 amide bonds. The molecular weight excluding hydrogens is 630 g/mol. The number of nitrogens with zero attached hydrogens (tertiary/aromatic N) is 6. The van der Waals surface area contributed by atoms with Crippen molar-refractivity contribution in [3.8, 4) is 11.3 Å². The van der Waals surface area contributed by atoms with E-state index in [9.17, 15) is 13.0 Å². The maximum atomic E-state index is 13.6. The van der Waals surface area contributed by atoms with Crippen molar-refractivity contribution in [2.75, 3.05) is 22.9 Å². The molecule has 0 bridgehead atoms. The minimum absolute atomic E-state index is 0.0266. The summed E-state index contributed by atoms with van der Waals surface area (Å²) in [6.07, 6.45) is 2.23. The zero-order chi connectivity index (χ0) is 25.9. The van der Waals surface area contributed by atoms with E-state index >= 15 is 0 Å². The van der Waals surface area contributed by atoms with Gasteiger partial charge in [-0.1, -0.05) is 31.5 Å². The van der Waals surface area contributed by atoms with Crippen LogP contribution in [0.15, 0.2) is 36.8 Å². The Morgan fingerprint density at radius 1 is 1.23 bits per heavy atom. The fourth-order valence-corrected chi connectivity index (χ4v) is 5.85. The van der Waals surface area contributed by atoms with Gasteiger partial charge in [0.1, 0.15) is 21.7 Å². The number of nitrogens with one attached hydrogen (secondary N) is 1. The first-order chi connectivity index (χ1) is 16.7. The Labute approximate surface area is 224 Å². The molecule has 8 nitrogen and oxygen atoms in total. The number of aromatic nitrogens is 5. The Morgan fingerprint density at radius 2 is 1.94 bits per heavy atom. The van der Waals surface area contributed by atoms with Gasteiger partial charge in [-0.3, -0.25) is 8.64 Å². The Kier molecular flexibility index (Phi) is 9.41. The monoisotopic (exact) mass is 653 g/mol. The Balaban J connectivity index is 0.00000167. The lowest BCUT2D eigenvalue weighted by Gasteiger charge is -2.21. The van der Waals surface area contributed by atoms with Gasteiger partial charge in [-0.15, -0.1) is 0 Å². The summed E-state index contributed by atoms with van der Waals surface area (Å²) in [4.78, 5) is 12.5. The summed E-state index contributed by atoms with van der Waals surface area (Å²) in [5.41, 5.74) is 3.98. The van der Waals surface area contributed by atoms with Crippen LogP contribution in [0.3, 0.4) is 0 Å². The van der Waals surface area contributed by atoms with Gasteiger partial charge >= 0.3 is 0 Å². The zero-order valence-corrected chi connectivity index (χ0v) is 24.3. The van der Waals surface area contributed by atoms with Crippen LogP contribution in [0.5, 0.6) is 0 Å². The second-order valence-electron chi connectivity index (χ2n) is 7.02. The fourth-order valence-electron chi connectivity index (χ4n) is 3.33. The summed E-state index contributed by atoms with van der Waals surface area (Å²) in [5, 5.41) is 3.38. The van der Waals surface area contributed by atoms with Crippen LogP contribution in [0.25, 0.3) is 22.4 Å². The smallest absolute Gasteiger partial charge is 0.295 e. The van der Waals surface area contributed by atoms with Crippen molar-refractivity contribution in [2.45, 2.75) is 20.3 Å². The highest BCUT2D eigenvalue weighted by Crippen LogP contribution is 2.40. The molecule has 0 aliphatic carbocycles. The van der Waals surface area contributed by atoms with Gasteiger partial charge in [0.05, 0.1) is 41.7 Å². The first-order valence-electron chi connectivity index (χ1n) is 10.4. The molecule has 4 aromatic rings. The van der Waals surface area contributed by atoms with Gasteiger partial charge in [0.25, 0.3) is 6.43 Å². The molecule has 0 aliphatic heterocycles. The number of halogens is 4.